The van der Waals surface area contributed by atoms with Crippen molar-refractivity contribution in [3.05, 3.63) is 9.81 Å². The minimum atomic E-state index is 1.16. The van der Waals surface area contributed by atoms with Crippen LogP contribution in [0.5, 0.6) is 0 Å². The molecule has 0 N–H and O–H groups in total. The Morgan fingerprint density at radius 3 is 2.58 bits per heavy atom. The highest BCUT2D eigenvalue weighted by molar-refractivity contribution is 8.96. The number of hydrogen-bond acceptors (Lipinski definition) is 4. The quantitative estimate of drug-likeness (QED) is 0.368. The zero-order valence-electron chi connectivity index (χ0n) is 7.33. The van der Waals surface area contributed by atoms with Crippen molar-refractivity contribution in [3.8, 4) is 0 Å². The van der Waals surface area contributed by atoms with E-state index in [1.54, 1.807) is 0 Å². The average molecular weight is 200 g/mol. The number of hydrazone groups is 1. The highest BCUT2D eigenvalue weighted by Crippen LogP contribution is 2.61. The summed E-state index contributed by atoms with van der Waals surface area (Å²) in [4.78, 5) is 0. The van der Waals surface area contributed by atoms with E-state index >= 15 is 0 Å². The first kappa shape index (κ1) is 8.51. The molecule has 0 aromatic carbocycles. The van der Waals surface area contributed by atoms with E-state index in [2.05, 4.69) is 5.10 Å². The van der Waals surface area contributed by atoms with E-state index < -0.39 is 0 Å². The maximum Gasteiger partial charge on any atom is 0.0677 e. The smallest absolute Gasteiger partial charge is 0.0677 e. The van der Waals surface area contributed by atoms with Crippen molar-refractivity contribution < 1.29 is 0 Å². The van der Waals surface area contributed by atoms with Crippen LogP contribution in [0.2, 0.25) is 0 Å². The van der Waals surface area contributed by atoms with Gasteiger partial charge in [0.05, 0.1) is 9.95 Å². The van der Waals surface area contributed by atoms with Crippen LogP contribution >= 0.6 is 21.6 Å². The third kappa shape index (κ3) is 1.80. The maximum absolute atomic E-state index is 4.48. The van der Waals surface area contributed by atoms with E-state index in [4.69, 9.17) is 0 Å². The van der Waals surface area contributed by atoms with Crippen molar-refractivity contribution in [1.82, 2.24) is 5.01 Å². The number of allylic oxidation sites excluding steroid dienone is 1. The van der Waals surface area contributed by atoms with Crippen LogP contribution < -0.4 is 0 Å². The summed E-state index contributed by atoms with van der Waals surface area (Å²) in [6.45, 7) is 0. The fourth-order valence-electron chi connectivity index (χ4n) is 1.42. The van der Waals surface area contributed by atoms with Crippen LogP contribution in [0, 0.1) is 0 Å². The van der Waals surface area contributed by atoms with Crippen LogP contribution in [-0.4, -0.2) is 24.8 Å². The number of rotatable bonds is 1. The lowest BCUT2D eigenvalue weighted by atomic mass is 10.2. The van der Waals surface area contributed by atoms with Gasteiger partial charge >= 0.3 is 0 Å². The Bertz CT molecular complexity index is 250. The molecule has 0 bridgehead atoms. The van der Waals surface area contributed by atoms with Gasteiger partial charge in [-0.2, -0.15) is 5.10 Å². The van der Waals surface area contributed by atoms with Crippen molar-refractivity contribution >= 4 is 27.3 Å². The molecule has 0 spiro atoms. The molecule has 12 heavy (non-hydrogen) atoms. The average Bonchev–Trinajstić information content (AvgIpc) is 2.73. The molecule has 0 atom stereocenters. The first-order chi connectivity index (χ1) is 5.77. The first-order valence-corrected chi connectivity index (χ1v) is 6.25. The third-order valence-corrected chi connectivity index (χ3v) is 3.75. The molecule has 0 radical (unpaired) electrons. The minimum absolute atomic E-state index is 1.16. The van der Waals surface area contributed by atoms with Crippen molar-refractivity contribution in [2.75, 3.05) is 14.1 Å². The second kappa shape index (κ2) is 3.34. The van der Waals surface area contributed by atoms with E-state index in [0.717, 1.165) is 6.42 Å². The van der Waals surface area contributed by atoms with Gasteiger partial charge in [0, 0.05) is 14.1 Å². The van der Waals surface area contributed by atoms with Gasteiger partial charge in [0.1, 0.15) is 0 Å². The Balaban J connectivity index is 2.20. The van der Waals surface area contributed by atoms with Crippen molar-refractivity contribution in [2.24, 2.45) is 5.10 Å². The van der Waals surface area contributed by atoms with Gasteiger partial charge in [0.15, 0.2) is 0 Å². The normalized spacial score (nSPS) is 25.3. The van der Waals surface area contributed by atoms with Crippen LogP contribution in [0.15, 0.2) is 14.9 Å². The molecule has 2 aliphatic rings. The number of hydrogen-bond donors (Lipinski definition) is 0. The van der Waals surface area contributed by atoms with Gasteiger partial charge in [-0.3, -0.25) is 0 Å². The summed E-state index contributed by atoms with van der Waals surface area (Å²) in [6.07, 6.45) is 3.69. The van der Waals surface area contributed by atoms with Gasteiger partial charge in [0.25, 0.3) is 0 Å². The summed E-state index contributed by atoms with van der Waals surface area (Å²) in [5, 5.41) is 6.39. The highest BCUT2D eigenvalue weighted by Gasteiger charge is 2.27. The van der Waals surface area contributed by atoms with Crippen LogP contribution in [-0.2, 0) is 0 Å². The molecule has 2 rings (SSSR count). The lowest BCUT2D eigenvalue weighted by Crippen LogP contribution is -2.07. The van der Waals surface area contributed by atoms with E-state index in [0.29, 0.717) is 0 Å². The van der Waals surface area contributed by atoms with Crippen LogP contribution in [0.4, 0.5) is 0 Å². The molecule has 1 saturated carbocycles. The van der Waals surface area contributed by atoms with Crippen molar-refractivity contribution in [1.29, 1.82) is 0 Å². The van der Waals surface area contributed by atoms with Crippen LogP contribution in [0.25, 0.3) is 0 Å². The first-order valence-electron chi connectivity index (χ1n) is 4.10. The molecule has 4 heteroatoms. The Hall–Kier alpha value is -0.0900. The Labute approximate surface area is 80.9 Å². The summed E-state index contributed by atoms with van der Waals surface area (Å²) in [7, 11) is 7.76. The summed E-state index contributed by atoms with van der Waals surface area (Å²) in [5.41, 5.74) is 2.83. The van der Waals surface area contributed by atoms with E-state index in [-0.39, 0.29) is 0 Å². The molecule has 0 aromatic heterocycles. The second-order valence-electron chi connectivity index (χ2n) is 3.18. The Kier molecular flexibility index (Phi) is 2.37. The SMILES string of the molecule is CN(C)/N=C1/CCCC1=C1SS1. The van der Waals surface area contributed by atoms with Gasteiger partial charge in [-0.15, -0.1) is 0 Å². The minimum Gasteiger partial charge on any atom is -0.303 e. The van der Waals surface area contributed by atoms with Crippen LogP contribution in [0.1, 0.15) is 19.3 Å². The van der Waals surface area contributed by atoms with Gasteiger partial charge in [0.2, 0.25) is 0 Å². The standard InChI is InChI=1S/C8H12N2S2/c1-10(2)9-7-5-3-4-6(7)8-11-12-8/h3-5H2,1-2H3/b9-7-. The zero-order chi connectivity index (χ0) is 8.55. The predicted molar refractivity (Wildman–Crippen MR) is 57.2 cm³/mol. The molecule has 0 unspecified atom stereocenters. The van der Waals surface area contributed by atoms with E-state index in [1.165, 1.54) is 28.4 Å². The molecule has 2 fully saturated rings. The second-order valence-corrected chi connectivity index (χ2v) is 5.59. The fourth-order valence-corrected chi connectivity index (χ4v) is 2.83. The molecule has 0 amide bonds. The highest BCUT2D eigenvalue weighted by atomic mass is 33.2. The molecule has 1 saturated heterocycles. The molecular formula is C8H12N2S2. The Morgan fingerprint density at radius 2 is 2.00 bits per heavy atom. The predicted octanol–water partition coefficient (Wildman–Crippen LogP) is 2.69. The molecule has 2 nitrogen and oxygen atoms in total. The third-order valence-electron chi connectivity index (χ3n) is 1.92. The largest absolute Gasteiger partial charge is 0.303 e. The molecule has 1 aliphatic heterocycles. The van der Waals surface area contributed by atoms with Gasteiger partial charge in [-0.25, -0.2) is 0 Å². The number of nitrogens with zero attached hydrogens (tertiary/aromatic N) is 2. The lowest BCUT2D eigenvalue weighted by Gasteiger charge is -2.06. The molecule has 0 aromatic rings. The summed E-state index contributed by atoms with van der Waals surface area (Å²) in [6, 6.07) is 0. The Morgan fingerprint density at radius 1 is 1.25 bits per heavy atom. The summed E-state index contributed by atoms with van der Waals surface area (Å²) >= 11 is 0. The zero-order valence-corrected chi connectivity index (χ0v) is 8.97. The fraction of sp³-hybridized carbons (Fsp3) is 0.625. The van der Waals surface area contributed by atoms with Crippen molar-refractivity contribution in [2.45, 2.75) is 19.3 Å². The molecule has 1 aliphatic carbocycles. The van der Waals surface area contributed by atoms with E-state index in [9.17, 15) is 0 Å². The van der Waals surface area contributed by atoms with Gasteiger partial charge in [-0.1, -0.05) is 0 Å². The monoisotopic (exact) mass is 200 g/mol. The molecular weight excluding hydrogens is 188 g/mol. The summed E-state index contributed by atoms with van der Waals surface area (Å²) in [5.74, 6) is 0. The molecule has 66 valence electrons. The maximum atomic E-state index is 4.48. The van der Waals surface area contributed by atoms with E-state index in [1.807, 2.05) is 40.7 Å². The lowest BCUT2D eigenvalue weighted by molar-refractivity contribution is 0.437. The van der Waals surface area contributed by atoms with Gasteiger partial charge in [-0.05, 0) is 46.4 Å². The molecule has 1 heterocycles. The summed E-state index contributed by atoms with van der Waals surface area (Å²) < 4.78 is 1.51. The van der Waals surface area contributed by atoms with Crippen molar-refractivity contribution in [3.63, 3.8) is 0 Å². The van der Waals surface area contributed by atoms with Gasteiger partial charge < -0.3 is 5.01 Å². The van der Waals surface area contributed by atoms with Crippen LogP contribution in [0.3, 0.4) is 0 Å². The topological polar surface area (TPSA) is 15.6 Å².